The first-order valence-electron chi connectivity index (χ1n) is 7.85. The number of aldehydes is 1. The van der Waals surface area contributed by atoms with Gasteiger partial charge in [-0.2, -0.15) is 0 Å². The molecular formula is C18H24OS. The molecule has 0 saturated heterocycles. The molecule has 2 saturated carbocycles. The molecule has 2 fully saturated rings. The molecule has 108 valence electrons. The lowest BCUT2D eigenvalue weighted by atomic mass is 9.67. The SMILES string of the molecule is CC[C@@]12CCC[C@]1(C=O)CC[C@@H]2Sc1ccc(C)cc1. The summed E-state index contributed by atoms with van der Waals surface area (Å²) in [6.07, 6.45) is 8.37. The third-order valence-electron chi connectivity index (χ3n) is 5.86. The van der Waals surface area contributed by atoms with Gasteiger partial charge >= 0.3 is 0 Å². The standard InChI is InChI=1S/C18H24OS/c1-3-18-11-4-10-17(18,13-19)12-9-16(18)20-15-7-5-14(2)6-8-15/h5-8,13,16H,3-4,9-12H2,1-2H3/t16-,17+,18-/m0/s1. The van der Waals surface area contributed by atoms with Crippen LogP contribution in [0.25, 0.3) is 0 Å². The highest BCUT2D eigenvalue weighted by Crippen LogP contribution is 2.66. The monoisotopic (exact) mass is 288 g/mol. The fourth-order valence-corrected chi connectivity index (χ4v) is 6.28. The molecule has 0 radical (unpaired) electrons. The van der Waals surface area contributed by atoms with E-state index < -0.39 is 0 Å². The minimum Gasteiger partial charge on any atom is -0.303 e. The Hall–Kier alpha value is -0.760. The van der Waals surface area contributed by atoms with Gasteiger partial charge < -0.3 is 4.79 Å². The van der Waals surface area contributed by atoms with Crippen LogP contribution in [0, 0.1) is 17.8 Å². The van der Waals surface area contributed by atoms with Crippen LogP contribution in [0.3, 0.4) is 0 Å². The molecule has 0 amide bonds. The lowest BCUT2D eigenvalue weighted by Crippen LogP contribution is -2.39. The van der Waals surface area contributed by atoms with E-state index in [1.807, 2.05) is 11.8 Å². The summed E-state index contributed by atoms with van der Waals surface area (Å²) in [6.45, 7) is 4.42. The molecule has 0 spiro atoms. The molecular weight excluding hydrogens is 264 g/mol. The highest BCUT2D eigenvalue weighted by Gasteiger charge is 2.61. The van der Waals surface area contributed by atoms with Crippen molar-refractivity contribution in [2.45, 2.75) is 62.5 Å². The van der Waals surface area contributed by atoms with Gasteiger partial charge in [-0.3, -0.25) is 0 Å². The van der Waals surface area contributed by atoms with Crippen LogP contribution in [0.1, 0.15) is 51.0 Å². The third kappa shape index (κ3) is 1.95. The molecule has 0 aliphatic heterocycles. The van der Waals surface area contributed by atoms with E-state index in [1.165, 1.54) is 36.0 Å². The molecule has 1 aromatic carbocycles. The van der Waals surface area contributed by atoms with Gasteiger partial charge in [-0.15, -0.1) is 11.8 Å². The second-order valence-corrected chi connectivity index (χ2v) is 7.87. The van der Waals surface area contributed by atoms with Gasteiger partial charge in [0.1, 0.15) is 6.29 Å². The van der Waals surface area contributed by atoms with E-state index in [9.17, 15) is 4.79 Å². The zero-order valence-electron chi connectivity index (χ0n) is 12.5. The van der Waals surface area contributed by atoms with Crippen LogP contribution in [0.5, 0.6) is 0 Å². The minimum atomic E-state index is -0.00981. The van der Waals surface area contributed by atoms with Crippen LogP contribution in [0.2, 0.25) is 0 Å². The number of benzene rings is 1. The molecule has 0 unspecified atom stereocenters. The van der Waals surface area contributed by atoms with Gasteiger partial charge in [0.2, 0.25) is 0 Å². The predicted molar refractivity (Wildman–Crippen MR) is 85.1 cm³/mol. The number of hydrogen-bond donors (Lipinski definition) is 0. The largest absolute Gasteiger partial charge is 0.303 e. The number of aryl methyl sites for hydroxylation is 1. The highest BCUT2D eigenvalue weighted by atomic mass is 32.2. The van der Waals surface area contributed by atoms with E-state index in [-0.39, 0.29) is 10.8 Å². The zero-order chi connectivity index (χ0) is 14.2. The van der Waals surface area contributed by atoms with Crippen molar-refractivity contribution < 1.29 is 4.79 Å². The topological polar surface area (TPSA) is 17.1 Å². The predicted octanol–water partition coefficient (Wildman–Crippen LogP) is 5.02. The van der Waals surface area contributed by atoms with Crippen molar-refractivity contribution in [3.05, 3.63) is 29.8 Å². The summed E-state index contributed by atoms with van der Waals surface area (Å²) in [5.41, 5.74) is 1.56. The van der Waals surface area contributed by atoms with Crippen LogP contribution in [0.4, 0.5) is 0 Å². The lowest BCUT2D eigenvalue weighted by Gasteiger charge is -2.40. The smallest absolute Gasteiger partial charge is 0.126 e. The van der Waals surface area contributed by atoms with E-state index in [1.54, 1.807) is 0 Å². The van der Waals surface area contributed by atoms with Crippen molar-refractivity contribution in [3.8, 4) is 0 Å². The molecule has 1 nitrogen and oxygen atoms in total. The summed E-state index contributed by atoms with van der Waals surface area (Å²) in [6, 6.07) is 8.85. The van der Waals surface area contributed by atoms with Gasteiger partial charge in [0.25, 0.3) is 0 Å². The first-order chi connectivity index (χ1) is 9.66. The summed E-state index contributed by atoms with van der Waals surface area (Å²) >= 11 is 2.01. The highest BCUT2D eigenvalue weighted by molar-refractivity contribution is 8.00. The van der Waals surface area contributed by atoms with Gasteiger partial charge in [0.05, 0.1) is 0 Å². The van der Waals surface area contributed by atoms with E-state index in [2.05, 4.69) is 38.1 Å². The maximum atomic E-state index is 11.8. The number of hydrogen-bond acceptors (Lipinski definition) is 2. The molecule has 2 aliphatic rings. The first kappa shape index (κ1) is 14.2. The Kier molecular flexibility index (Phi) is 3.70. The molecule has 3 rings (SSSR count). The van der Waals surface area contributed by atoms with Crippen molar-refractivity contribution in [2.24, 2.45) is 10.8 Å². The first-order valence-corrected chi connectivity index (χ1v) is 8.73. The molecule has 2 aliphatic carbocycles. The number of carbonyl (C=O) groups excluding carboxylic acids is 1. The van der Waals surface area contributed by atoms with Crippen molar-refractivity contribution in [1.29, 1.82) is 0 Å². The molecule has 0 aromatic heterocycles. The van der Waals surface area contributed by atoms with Crippen molar-refractivity contribution in [2.75, 3.05) is 0 Å². The zero-order valence-corrected chi connectivity index (χ0v) is 13.3. The number of thioether (sulfide) groups is 1. The van der Waals surface area contributed by atoms with E-state index in [0.29, 0.717) is 5.25 Å². The minimum absolute atomic E-state index is 0.00981. The molecule has 1 aromatic rings. The Morgan fingerprint density at radius 3 is 2.65 bits per heavy atom. The Morgan fingerprint density at radius 2 is 2.00 bits per heavy atom. The van der Waals surface area contributed by atoms with Gasteiger partial charge in [0.15, 0.2) is 0 Å². The number of fused-ring (bicyclic) bond motifs is 1. The Balaban J connectivity index is 1.87. The van der Waals surface area contributed by atoms with Gasteiger partial charge in [-0.05, 0) is 56.6 Å². The summed E-state index contributed by atoms with van der Waals surface area (Å²) in [5, 5.41) is 0.614. The second-order valence-electron chi connectivity index (χ2n) is 6.60. The van der Waals surface area contributed by atoms with E-state index >= 15 is 0 Å². The van der Waals surface area contributed by atoms with Crippen molar-refractivity contribution in [1.82, 2.24) is 0 Å². The average molecular weight is 288 g/mol. The van der Waals surface area contributed by atoms with Crippen molar-refractivity contribution >= 4 is 18.0 Å². The maximum Gasteiger partial charge on any atom is 0.126 e. The summed E-state index contributed by atoms with van der Waals surface area (Å²) in [7, 11) is 0. The average Bonchev–Trinajstić information content (AvgIpc) is 2.97. The van der Waals surface area contributed by atoms with Crippen molar-refractivity contribution in [3.63, 3.8) is 0 Å². The van der Waals surface area contributed by atoms with Gasteiger partial charge in [-0.1, -0.05) is 31.0 Å². The molecule has 3 atom stereocenters. The third-order valence-corrected chi connectivity index (χ3v) is 7.38. The second kappa shape index (κ2) is 5.22. The fourth-order valence-electron chi connectivity index (χ4n) is 4.68. The van der Waals surface area contributed by atoms with Crippen LogP contribution < -0.4 is 0 Å². The van der Waals surface area contributed by atoms with Gasteiger partial charge in [0, 0.05) is 15.6 Å². The molecule has 0 heterocycles. The summed E-state index contributed by atoms with van der Waals surface area (Å²) in [5.74, 6) is 0. The number of carbonyl (C=O) groups is 1. The summed E-state index contributed by atoms with van der Waals surface area (Å²) < 4.78 is 0. The van der Waals surface area contributed by atoms with Crippen LogP contribution in [-0.2, 0) is 4.79 Å². The van der Waals surface area contributed by atoms with Crippen LogP contribution >= 0.6 is 11.8 Å². The molecule has 0 bridgehead atoms. The number of rotatable bonds is 4. The Labute approximate surface area is 126 Å². The Morgan fingerprint density at radius 1 is 1.25 bits per heavy atom. The normalized spacial score (nSPS) is 36.0. The van der Waals surface area contributed by atoms with E-state index in [0.717, 1.165) is 19.3 Å². The quantitative estimate of drug-likeness (QED) is 0.724. The lowest BCUT2D eigenvalue weighted by molar-refractivity contribution is -0.120. The van der Waals surface area contributed by atoms with E-state index in [4.69, 9.17) is 0 Å². The fraction of sp³-hybridized carbons (Fsp3) is 0.611. The molecule has 0 N–H and O–H groups in total. The maximum absolute atomic E-state index is 11.8. The molecule has 20 heavy (non-hydrogen) atoms. The molecule has 2 heteroatoms. The summed E-state index contributed by atoms with van der Waals surface area (Å²) in [4.78, 5) is 13.2. The Bertz CT molecular complexity index is 495. The van der Waals surface area contributed by atoms with Crippen LogP contribution in [-0.4, -0.2) is 11.5 Å². The van der Waals surface area contributed by atoms with Crippen LogP contribution in [0.15, 0.2) is 29.2 Å². The van der Waals surface area contributed by atoms with Gasteiger partial charge in [-0.25, -0.2) is 0 Å².